The number of nitrogens with zero attached hydrogens (tertiary/aromatic N) is 1. The molecular weight excluding hydrogens is 224 g/mol. The average Bonchev–Trinajstić information content (AvgIpc) is 2.27. The van der Waals surface area contributed by atoms with Crippen LogP contribution in [-0.4, -0.2) is 30.7 Å². The first-order valence-electron chi connectivity index (χ1n) is 5.58. The number of ether oxygens (including phenoxy) is 2. The molecule has 1 amide bonds. The zero-order valence-corrected chi connectivity index (χ0v) is 9.73. The lowest BCUT2D eigenvalue weighted by Crippen LogP contribution is -2.50. The van der Waals surface area contributed by atoms with Crippen molar-refractivity contribution >= 4 is 17.9 Å². The molecule has 0 aliphatic carbocycles. The minimum absolute atomic E-state index is 0.115. The molecule has 2 unspecified atom stereocenters. The molecule has 6 heteroatoms. The number of nitrogens with one attached hydrogen (secondary N) is 1. The van der Waals surface area contributed by atoms with Gasteiger partial charge in [0.15, 0.2) is 0 Å². The first-order chi connectivity index (χ1) is 8.15. The highest BCUT2D eigenvalue weighted by Gasteiger charge is 2.41. The van der Waals surface area contributed by atoms with Crippen molar-refractivity contribution in [2.75, 3.05) is 6.61 Å². The van der Waals surface area contributed by atoms with Gasteiger partial charge in [0.25, 0.3) is 6.02 Å². The molecule has 0 fully saturated rings. The summed E-state index contributed by atoms with van der Waals surface area (Å²) in [5.74, 6) is -1.23. The monoisotopic (exact) mass is 238 g/mol. The lowest BCUT2D eigenvalue weighted by Gasteiger charge is -2.31. The van der Waals surface area contributed by atoms with Crippen molar-refractivity contribution in [2.24, 2.45) is 10.9 Å². The molecule has 2 atom stereocenters. The molecule has 0 aromatic carbocycles. The number of hydrogen-bond donors (Lipinski definition) is 1. The average molecular weight is 238 g/mol. The largest absolute Gasteiger partial charge is 0.465 e. The van der Waals surface area contributed by atoms with Gasteiger partial charge in [0.1, 0.15) is 5.92 Å². The number of hydrogen-bond acceptors (Lipinski definition) is 5. The second-order valence-electron chi connectivity index (χ2n) is 3.73. The Balaban J connectivity index is 2.30. The molecule has 2 rings (SSSR count). The first-order valence-corrected chi connectivity index (χ1v) is 5.58. The van der Waals surface area contributed by atoms with Gasteiger partial charge >= 0.3 is 5.97 Å². The summed E-state index contributed by atoms with van der Waals surface area (Å²) >= 11 is 0. The lowest BCUT2D eigenvalue weighted by atomic mass is 9.91. The predicted octanol–water partition coefficient (Wildman–Crippen LogP) is 0.344. The highest BCUT2D eigenvalue weighted by Crippen LogP contribution is 2.28. The van der Waals surface area contributed by atoms with E-state index in [1.165, 1.54) is 6.08 Å². The molecule has 0 bridgehead atoms. The Labute approximate surface area is 98.7 Å². The van der Waals surface area contributed by atoms with Crippen LogP contribution in [0.25, 0.3) is 0 Å². The SMILES string of the molecule is CCOC1=NC2OC(=O)C=C(CC)C2C(=O)N1. The predicted molar refractivity (Wildman–Crippen MR) is 58.9 cm³/mol. The number of fused-ring (bicyclic) bond motifs is 1. The molecular formula is C11H14N2O4. The van der Waals surface area contributed by atoms with Gasteiger partial charge in [0, 0.05) is 6.08 Å². The van der Waals surface area contributed by atoms with E-state index < -0.39 is 18.1 Å². The Kier molecular flexibility index (Phi) is 3.12. The van der Waals surface area contributed by atoms with Crippen LogP contribution < -0.4 is 5.32 Å². The first kappa shape index (κ1) is 11.6. The van der Waals surface area contributed by atoms with Crippen LogP contribution in [0.4, 0.5) is 0 Å². The molecule has 6 nitrogen and oxygen atoms in total. The quantitative estimate of drug-likeness (QED) is 0.704. The Morgan fingerprint density at radius 3 is 2.88 bits per heavy atom. The van der Waals surface area contributed by atoms with E-state index in [4.69, 9.17) is 9.47 Å². The van der Waals surface area contributed by atoms with Crippen LogP contribution in [0.2, 0.25) is 0 Å². The van der Waals surface area contributed by atoms with E-state index in [1.54, 1.807) is 6.92 Å². The maximum absolute atomic E-state index is 11.9. The summed E-state index contributed by atoms with van der Waals surface area (Å²) in [6, 6.07) is 0.115. The molecule has 0 saturated heterocycles. The molecule has 0 saturated carbocycles. The van der Waals surface area contributed by atoms with Crippen LogP contribution in [0.5, 0.6) is 0 Å². The molecule has 2 aliphatic heterocycles. The van der Waals surface area contributed by atoms with E-state index in [9.17, 15) is 9.59 Å². The molecule has 2 aliphatic rings. The third-order valence-corrected chi connectivity index (χ3v) is 2.67. The number of esters is 1. The summed E-state index contributed by atoms with van der Waals surface area (Å²) in [6.07, 6.45) is 1.18. The van der Waals surface area contributed by atoms with Gasteiger partial charge in [0.2, 0.25) is 12.1 Å². The van der Waals surface area contributed by atoms with Crippen LogP contribution in [0.15, 0.2) is 16.6 Å². The summed E-state index contributed by atoms with van der Waals surface area (Å²) in [5, 5.41) is 2.55. The van der Waals surface area contributed by atoms with Crippen molar-refractivity contribution in [2.45, 2.75) is 26.5 Å². The molecule has 2 heterocycles. The van der Waals surface area contributed by atoms with Gasteiger partial charge in [-0.05, 0) is 18.9 Å². The van der Waals surface area contributed by atoms with Crippen molar-refractivity contribution in [3.63, 3.8) is 0 Å². The van der Waals surface area contributed by atoms with Crippen molar-refractivity contribution < 1.29 is 19.1 Å². The van der Waals surface area contributed by atoms with Crippen molar-refractivity contribution in [1.29, 1.82) is 0 Å². The van der Waals surface area contributed by atoms with Crippen LogP contribution in [0.1, 0.15) is 20.3 Å². The molecule has 0 aromatic heterocycles. The van der Waals surface area contributed by atoms with E-state index in [-0.39, 0.29) is 11.9 Å². The Hall–Kier alpha value is -1.85. The second-order valence-corrected chi connectivity index (χ2v) is 3.73. The molecule has 1 N–H and O–H groups in total. The number of rotatable bonds is 2. The lowest BCUT2D eigenvalue weighted by molar-refractivity contribution is -0.149. The fourth-order valence-corrected chi connectivity index (χ4v) is 1.91. The van der Waals surface area contributed by atoms with Gasteiger partial charge in [0.05, 0.1) is 6.61 Å². The summed E-state index contributed by atoms with van der Waals surface area (Å²) in [4.78, 5) is 27.3. The van der Waals surface area contributed by atoms with Gasteiger partial charge in [-0.25, -0.2) is 4.79 Å². The third-order valence-electron chi connectivity index (χ3n) is 2.67. The van der Waals surface area contributed by atoms with Crippen LogP contribution in [0.3, 0.4) is 0 Å². The fourth-order valence-electron chi connectivity index (χ4n) is 1.91. The Bertz CT molecular complexity index is 414. The number of carbonyl (C=O) groups is 2. The maximum Gasteiger partial charge on any atom is 0.332 e. The van der Waals surface area contributed by atoms with E-state index in [2.05, 4.69) is 10.3 Å². The van der Waals surface area contributed by atoms with E-state index in [0.29, 0.717) is 13.0 Å². The minimum Gasteiger partial charge on any atom is -0.465 e. The molecule has 0 aromatic rings. The zero-order chi connectivity index (χ0) is 12.4. The second kappa shape index (κ2) is 4.57. The van der Waals surface area contributed by atoms with Crippen molar-refractivity contribution in [3.8, 4) is 0 Å². The van der Waals surface area contributed by atoms with Gasteiger partial charge in [-0.1, -0.05) is 6.92 Å². The highest BCUT2D eigenvalue weighted by molar-refractivity contribution is 6.00. The van der Waals surface area contributed by atoms with Crippen molar-refractivity contribution in [1.82, 2.24) is 5.32 Å². The van der Waals surface area contributed by atoms with Gasteiger partial charge in [-0.2, -0.15) is 4.99 Å². The van der Waals surface area contributed by atoms with Crippen LogP contribution >= 0.6 is 0 Å². The normalized spacial score (nSPS) is 27.4. The number of carbonyl (C=O) groups excluding carboxylic acids is 2. The minimum atomic E-state index is -0.794. The van der Waals surface area contributed by atoms with Crippen LogP contribution in [-0.2, 0) is 19.1 Å². The highest BCUT2D eigenvalue weighted by atomic mass is 16.6. The number of amides is 1. The third kappa shape index (κ3) is 2.15. The summed E-state index contributed by atoms with van der Waals surface area (Å²) < 4.78 is 10.1. The fraction of sp³-hybridized carbons (Fsp3) is 0.545. The Morgan fingerprint density at radius 1 is 1.47 bits per heavy atom. The molecule has 0 spiro atoms. The van der Waals surface area contributed by atoms with Gasteiger partial charge in [-0.15, -0.1) is 0 Å². The zero-order valence-electron chi connectivity index (χ0n) is 9.73. The standard InChI is InChI=1S/C11H14N2O4/c1-3-6-5-7(14)17-10-8(6)9(15)12-11(13-10)16-4-2/h5,8,10H,3-4H2,1-2H3,(H,12,13,15). The Morgan fingerprint density at radius 2 is 2.24 bits per heavy atom. The van der Waals surface area contributed by atoms with Gasteiger partial charge in [-0.3, -0.25) is 10.1 Å². The van der Waals surface area contributed by atoms with E-state index >= 15 is 0 Å². The number of amidine groups is 1. The molecule has 0 radical (unpaired) electrons. The summed E-state index contributed by atoms with van der Waals surface area (Å²) in [7, 11) is 0. The van der Waals surface area contributed by atoms with Crippen molar-refractivity contribution in [3.05, 3.63) is 11.6 Å². The van der Waals surface area contributed by atoms with Crippen LogP contribution in [0, 0.1) is 5.92 Å². The van der Waals surface area contributed by atoms with Gasteiger partial charge < -0.3 is 9.47 Å². The maximum atomic E-state index is 11.9. The topological polar surface area (TPSA) is 77.0 Å². The summed E-state index contributed by atoms with van der Waals surface area (Å²) in [5.41, 5.74) is 0.739. The summed E-state index contributed by atoms with van der Waals surface area (Å²) in [6.45, 7) is 4.06. The number of aliphatic imine (C=N–C) groups is 1. The van der Waals surface area contributed by atoms with E-state index in [1.807, 2.05) is 6.92 Å². The van der Waals surface area contributed by atoms with E-state index in [0.717, 1.165) is 5.57 Å². The molecule has 17 heavy (non-hydrogen) atoms. The smallest absolute Gasteiger partial charge is 0.332 e. The molecule has 92 valence electrons.